The van der Waals surface area contributed by atoms with Crippen molar-refractivity contribution in [1.29, 1.82) is 0 Å². The fraction of sp³-hybridized carbons (Fsp3) is 0.300. The third-order valence-corrected chi connectivity index (χ3v) is 6.99. The Morgan fingerprint density at radius 2 is 1.83 bits per heavy atom. The summed E-state index contributed by atoms with van der Waals surface area (Å²) in [6.45, 7) is 3.91. The number of fused-ring (bicyclic) bond motifs is 1. The van der Waals surface area contributed by atoms with Crippen molar-refractivity contribution in [3.05, 3.63) is 54.2 Å². The zero-order valence-corrected chi connectivity index (χ0v) is 16.9. The average molecular weight is 414 g/mol. The van der Waals surface area contributed by atoms with Gasteiger partial charge in [0.1, 0.15) is 0 Å². The number of carbonyl (C=O) groups excluding carboxylic acids is 1. The number of aromatic amines is 1. The van der Waals surface area contributed by atoms with Crippen LogP contribution in [0.4, 0.5) is 5.69 Å². The summed E-state index contributed by atoms with van der Waals surface area (Å²) in [5, 5.41) is 10.7. The standard InChI is InChI=1S/C20H23N5O3S/c1-15-2-5-18(6-3-15)29(27,28)25-10-8-24(9-11-25)14-20(26)22-17-4-7-19-16(12-17)13-21-23-19/h2-7,12-13H,8-11,14H2,1H3,(H,21,23)(H,22,26). The molecule has 2 aromatic carbocycles. The van der Waals surface area contributed by atoms with Crippen LogP contribution in [-0.2, 0) is 14.8 Å². The van der Waals surface area contributed by atoms with Crippen molar-refractivity contribution in [1.82, 2.24) is 19.4 Å². The topological polar surface area (TPSA) is 98.4 Å². The summed E-state index contributed by atoms with van der Waals surface area (Å²) in [5.74, 6) is -0.123. The fourth-order valence-electron chi connectivity index (χ4n) is 3.41. The molecule has 3 aromatic rings. The first kappa shape index (κ1) is 19.6. The van der Waals surface area contributed by atoms with Crippen LogP contribution in [-0.4, -0.2) is 66.5 Å². The monoisotopic (exact) mass is 413 g/mol. The molecule has 2 N–H and O–H groups in total. The van der Waals surface area contributed by atoms with Crippen LogP contribution in [0.15, 0.2) is 53.6 Å². The first-order chi connectivity index (χ1) is 13.9. The number of benzene rings is 2. The molecule has 1 saturated heterocycles. The highest BCUT2D eigenvalue weighted by Gasteiger charge is 2.29. The molecule has 0 unspecified atom stereocenters. The van der Waals surface area contributed by atoms with Crippen LogP contribution in [0.2, 0.25) is 0 Å². The molecule has 1 aliphatic heterocycles. The number of aromatic nitrogens is 2. The molecule has 0 saturated carbocycles. The molecule has 9 heteroatoms. The van der Waals surface area contributed by atoms with E-state index >= 15 is 0 Å². The minimum absolute atomic E-state index is 0.123. The molecule has 8 nitrogen and oxygen atoms in total. The number of piperazine rings is 1. The molecular formula is C20H23N5O3S. The molecule has 1 amide bonds. The van der Waals surface area contributed by atoms with E-state index < -0.39 is 10.0 Å². The van der Waals surface area contributed by atoms with E-state index in [0.717, 1.165) is 16.5 Å². The van der Waals surface area contributed by atoms with E-state index in [1.54, 1.807) is 30.5 Å². The molecule has 0 bridgehead atoms. The van der Waals surface area contributed by atoms with E-state index in [4.69, 9.17) is 0 Å². The molecular weight excluding hydrogens is 390 g/mol. The molecule has 1 aromatic heterocycles. The second-order valence-electron chi connectivity index (χ2n) is 7.21. The van der Waals surface area contributed by atoms with Gasteiger partial charge in [-0.25, -0.2) is 8.42 Å². The van der Waals surface area contributed by atoms with Crippen LogP contribution in [0.25, 0.3) is 10.9 Å². The number of rotatable bonds is 5. The third kappa shape index (κ3) is 4.31. The number of nitrogens with zero attached hydrogens (tertiary/aromatic N) is 3. The molecule has 0 atom stereocenters. The second kappa shape index (κ2) is 7.94. The summed E-state index contributed by atoms with van der Waals surface area (Å²) in [5.41, 5.74) is 2.64. The van der Waals surface area contributed by atoms with Crippen molar-refractivity contribution in [3.8, 4) is 0 Å². The van der Waals surface area contributed by atoms with Crippen molar-refractivity contribution in [3.63, 3.8) is 0 Å². The second-order valence-corrected chi connectivity index (χ2v) is 9.15. The van der Waals surface area contributed by atoms with E-state index in [1.165, 1.54) is 4.31 Å². The lowest BCUT2D eigenvalue weighted by molar-refractivity contribution is -0.117. The van der Waals surface area contributed by atoms with Crippen LogP contribution in [0.1, 0.15) is 5.56 Å². The summed E-state index contributed by atoms with van der Waals surface area (Å²) in [6.07, 6.45) is 1.71. The third-order valence-electron chi connectivity index (χ3n) is 5.08. The van der Waals surface area contributed by atoms with Gasteiger partial charge in [-0.15, -0.1) is 0 Å². The van der Waals surface area contributed by atoms with Crippen LogP contribution in [0, 0.1) is 6.92 Å². The van der Waals surface area contributed by atoms with E-state index in [-0.39, 0.29) is 12.5 Å². The Morgan fingerprint density at radius 1 is 1.10 bits per heavy atom. The van der Waals surface area contributed by atoms with Crippen LogP contribution in [0.5, 0.6) is 0 Å². The van der Waals surface area contributed by atoms with Crippen molar-refractivity contribution in [2.75, 3.05) is 38.0 Å². The van der Waals surface area contributed by atoms with Gasteiger partial charge in [-0.2, -0.15) is 9.40 Å². The highest BCUT2D eigenvalue weighted by molar-refractivity contribution is 7.89. The smallest absolute Gasteiger partial charge is 0.243 e. The molecule has 1 fully saturated rings. The molecule has 29 heavy (non-hydrogen) atoms. The van der Waals surface area contributed by atoms with Gasteiger partial charge in [0.15, 0.2) is 0 Å². The molecule has 4 rings (SSSR count). The molecule has 2 heterocycles. The fourth-order valence-corrected chi connectivity index (χ4v) is 4.83. The van der Waals surface area contributed by atoms with Crippen LogP contribution >= 0.6 is 0 Å². The van der Waals surface area contributed by atoms with E-state index in [2.05, 4.69) is 15.5 Å². The molecule has 152 valence electrons. The van der Waals surface area contributed by atoms with E-state index in [9.17, 15) is 13.2 Å². The first-order valence-electron chi connectivity index (χ1n) is 9.44. The number of hydrogen-bond donors (Lipinski definition) is 2. The number of carbonyl (C=O) groups is 1. The summed E-state index contributed by atoms with van der Waals surface area (Å²) in [7, 11) is -3.50. The number of aryl methyl sites for hydroxylation is 1. The van der Waals surface area contributed by atoms with Crippen molar-refractivity contribution in [2.45, 2.75) is 11.8 Å². The average Bonchev–Trinajstić information content (AvgIpc) is 3.16. The minimum atomic E-state index is -3.50. The Kier molecular flexibility index (Phi) is 5.35. The lowest BCUT2D eigenvalue weighted by Crippen LogP contribution is -2.50. The van der Waals surface area contributed by atoms with Gasteiger partial charge in [-0.3, -0.25) is 14.8 Å². The molecule has 0 radical (unpaired) electrons. The molecule has 0 spiro atoms. The maximum atomic E-state index is 12.8. The van der Waals surface area contributed by atoms with E-state index in [0.29, 0.717) is 36.8 Å². The number of sulfonamides is 1. The minimum Gasteiger partial charge on any atom is -0.325 e. The lowest BCUT2D eigenvalue weighted by Gasteiger charge is -2.33. The van der Waals surface area contributed by atoms with Gasteiger partial charge in [0.2, 0.25) is 15.9 Å². The highest BCUT2D eigenvalue weighted by Crippen LogP contribution is 2.19. The number of nitrogens with one attached hydrogen (secondary N) is 2. The Balaban J connectivity index is 1.32. The number of anilines is 1. The summed E-state index contributed by atoms with van der Waals surface area (Å²) in [4.78, 5) is 14.7. The summed E-state index contributed by atoms with van der Waals surface area (Å²) < 4.78 is 27.0. The quantitative estimate of drug-likeness (QED) is 0.665. The normalized spacial score (nSPS) is 16.2. The SMILES string of the molecule is Cc1ccc(S(=O)(=O)N2CCN(CC(=O)Nc3ccc4[nH]ncc4c3)CC2)cc1. The van der Waals surface area contributed by atoms with Gasteiger partial charge >= 0.3 is 0 Å². The number of hydrogen-bond acceptors (Lipinski definition) is 5. The Morgan fingerprint density at radius 3 is 2.55 bits per heavy atom. The maximum Gasteiger partial charge on any atom is 0.243 e. The zero-order chi connectivity index (χ0) is 20.4. The number of amides is 1. The maximum absolute atomic E-state index is 12.8. The van der Waals surface area contributed by atoms with Crippen molar-refractivity contribution >= 4 is 32.5 Å². The van der Waals surface area contributed by atoms with Gasteiger partial charge in [0.25, 0.3) is 0 Å². The van der Waals surface area contributed by atoms with Gasteiger partial charge in [0.05, 0.1) is 23.2 Å². The largest absolute Gasteiger partial charge is 0.325 e. The van der Waals surface area contributed by atoms with E-state index in [1.807, 2.05) is 30.0 Å². The predicted molar refractivity (Wildman–Crippen MR) is 111 cm³/mol. The summed E-state index contributed by atoms with van der Waals surface area (Å²) in [6, 6.07) is 12.4. The Bertz CT molecular complexity index is 1120. The Hall–Kier alpha value is -2.75. The molecule has 1 aliphatic rings. The lowest BCUT2D eigenvalue weighted by atomic mass is 10.2. The predicted octanol–water partition coefficient (Wildman–Crippen LogP) is 1.82. The van der Waals surface area contributed by atoms with Gasteiger partial charge in [-0.1, -0.05) is 17.7 Å². The van der Waals surface area contributed by atoms with Crippen LogP contribution in [0.3, 0.4) is 0 Å². The van der Waals surface area contributed by atoms with Gasteiger partial charge in [-0.05, 0) is 37.3 Å². The van der Waals surface area contributed by atoms with Crippen molar-refractivity contribution in [2.24, 2.45) is 0 Å². The van der Waals surface area contributed by atoms with Crippen LogP contribution < -0.4 is 5.32 Å². The van der Waals surface area contributed by atoms with Gasteiger partial charge in [0, 0.05) is 37.3 Å². The van der Waals surface area contributed by atoms with Gasteiger partial charge < -0.3 is 5.32 Å². The highest BCUT2D eigenvalue weighted by atomic mass is 32.2. The number of H-pyrrole nitrogens is 1. The summed E-state index contributed by atoms with van der Waals surface area (Å²) >= 11 is 0. The Labute approximate surface area is 169 Å². The zero-order valence-electron chi connectivity index (χ0n) is 16.1. The molecule has 0 aliphatic carbocycles. The van der Waals surface area contributed by atoms with Crippen molar-refractivity contribution < 1.29 is 13.2 Å². The first-order valence-corrected chi connectivity index (χ1v) is 10.9.